The Kier molecular flexibility index (Phi) is 8.85. The molecule has 0 spiro atoms. The maximum Gasteiger partial charge on any atom is 0.191 e. The van der Waals surface area contributed by atoms with Gasteiger partial charge in [-0.25, -0.2) is 0 Å². The maximum atomic E-state index is 4.20. The molecule has 1 aromatic carbocycles. The Hall–Kier alpha value is -0.760. The number of nitrogens with zero attached hydrogens (tertiary/aromatic N) is 2. The summed E-state index contributed by atoms with van der Waals surface area (Å²) in [6, 6.07) is 8.54. The number of guanidine groups is 1. The second kappa shape index (κ2) is 10.1. The van der Waals surface area contributed by atoms with Crippen LogP contribution in [0.4, 0.5) is 5.69 Å². The number of aliphatic imine (C=N–C) groups is 1. The smallest absolute Gasteiger partial charge is 0.191 e. The van der Waals surface area contributed by atoms with Crippen LogP contribution in [-0.2, 0) is 0 Å². The molecule has 1 atom stereocenters. The highest BCUT2D eigenvalue weighted by Gasteiger charge is 2.22. The molecule has 2 N–H and O–H groups in total. The number of hydrogen-bond donors (Lipinski definition) is 2. The normalized spacial score (nSPS) is 17.8. The average molecular weight is 479 g/mol. The molecule has 1 aliphatic rings. The van der Waals surface area contributed by atoms with Crippen LogP contribution in [0.2, 0.25) is 0 Å². The molecule has 6 heteroatoms. The van der Waals surface area contributed by atoms with Crippen molar-refractivity contribution in [2.45, 2.75) is 6.42 Å². The van der Waals surface area contributed by atoms with Crippen LogP contribution in [0.25, 0.3) is 0 Å². The number of anilines is 1. The first-order chi connectivity index (χ1) is 10.2. The minimum atomic E-state index is 0. The van der Waals surface area contributed by atoms with Gasteiger partial charge in [0.15, 0.2) is 5.96 Å². The van der Waals surface area contributed by atoms with E-state index in [0.29, 0.717) is 5.92 Å². The van der Waals surface area contributed by atoms with Crippen molar-refractivity contribution in [2.24, 2.45) is 10.9 Å². The van der Waals surface area contributed by atoms with E-state index < -0.39 is 0 Å². The maximum absolute atomic E-state index is 4.20. The highest BCUT2D eigenvalue weighted by molar-refractivity contribution is 14.0. The molecule has 1 aliphatic heterocycles. The van der Waals surface area contributed by atoms with Crippen molar-refractivity contribution in [3.63, 3.8) is 0 Å². The Labute approximate surface area is 158 Å². The lowest BCUT2D eigenvalue weighted by Gasteiger charge is -2.19. The van der Waals surface area contributed by atoms with Gasteiger partial charge in [0.1, 0.15) is 0 Å². The molecule has 0 aliphatic carbocycles. The SMILES string of the molecule is C=CCNC(=NC)NCC1CCN(c2ccc(Br)cc2)C1.I. The van der Waals surface area contributed by atoms with Crippen LogP contribution in [0.1, 0.15) is 6.42 Å². The molecule has 22 heavy (non-hydrogen) atoms. The summed E-state index contributed by atoms with van der Waals surface area (Å²) in [7, 11) is 1.79. The van der Waals surface area contributed by atoms with E-state index in [1.807, 2.05) is 6.08 Å². The number of rotatable bonds is 5. The van der Waals surface area contributed by atoms with Crippen molar-refractivity contribution in [2.75, 3.05) is 38.1 Å². The van der Waals surface area contributed by atoms with Gasteiger partial charge in [-0.2, -0.15) is 0 Å². The van der Waals surface area contributed by atoms with Crippen LogP contribution in [0.5, 0.6) is 0 Å². The van der Waals surface area contributed by atoms with Crippen molar-refractivity contribution in [3.8, 4) is 0 Å². The summed E-state index contributed by atoms with van der Waals surface area (Å²) in [4.78, 5) is 6.64. The van der Waals surface area contributed by atoms with Crippen molar-refractivity contribution >= 4 is 51.6 Å². The summed E-state index contributed by atoms with van der Waals surface area (Å²) < 4.78 is 1.13. The summed E-state index contributed by atoms with van der Waals surface area (Å²) in [5.74, 6) is 1.49. The fourth-order valence-electron chi connectivity index (χ4n) is 2.52. The monoisotopic (exact) mass is 478 g/mol. The first kappa shape index (κ1) is 19.3. The van der Waals surface area contributed by atoms with Gasteiger partial charge in [0.05, 0.1) is 0 Å². The van der Waals surface area contributed by atoms with Gasteiger partial charge in [0.25, 0.3) is 0 Å². The minimum absolute atomic E-state index is 0. The predicted molar refractivity (Wildman–Crippen MR) is 109 cm³/mol. The van der Waals surface area contributed by atoms with E-state index in [2.05, 4.69) is 67.3 Å². The number of nitrogens with one attached hydrogen (secondary N) is 2. The molecule has 122 valence electrons. The molecular weight excluding hydrogens is 455 g/mol. The summed E-state index contributed by atoms with van der Waals surface area (Å²) >= 11 is 3.48. The standard InChI is InChI=1S/C16H23BrN4.HI/c1-3-9-19-16(18-2)20-11-13-8-10-21(12-13)15-6-4-14(17)5-7-15;/h3-7,13H,1,8-12H2,2H3,(H2,18,19,20);1H. The van der Waals surface area contributed by atoms with Gasteiger partial charge in [-0.15, -0.1) is 30.6 Å². The third kappa shape index (κ3) is 5.79. The zero-order valence-corrected chi connectivity index (χ0v) is 16.8. The molecular formula is C16H24BrIN4. The van der Waals surface area contributed by atoms with Crippen LogP contribution in [0.15, 0.2) is 46.4 Å². The van der Waals surface area contributed by atoms with E-state index in [1.165, 1.54) is 12.1 Å². The van der Waals surface area contributed by atoms with Gasteiger partial charge in [0.2, 0.25) is 0 Å². The number of halogens is 2. The fraction of sp³-hybridized carbons (Fsp3) is 0.438. The molecule has 0 saturated carbocycles. The van der Waals surface area contributed by atoms with Gasteiger partial charge in [-0.05, 0) is 36.6 Å². The van der Waals surface area contributed by atoms with E-state index in [1.54, 1.807) is 7.05 Å². The van der Waals surface area contributed by atoms with E-state index in [0.717, 1.165) is 36.6 Å². The molecule has 0 amide bonds. The number of benzene rings is 1. The average Bonchev–Trinajstić information content (AvgIpc) is 2.97. The van der Waals surface area contributed by atoms with Crippen molar-refractivity contribution in [1.29, 1.82) is 0 Å². The Bertz CT molecular complexity index is 489. The van der Waals surface area contributed by atoms with Crippen LogP contribution in [0, 0.1) is 5.92 Å². The number of hydrogen-bond acceptors (Lipinski definition) is 2. The zero-order chi connectivity index (χ0) is 15.1. The van der Waals surface area contributed by atoms with Gasteiger partial charge in [-0.1, -0.05) is 22.0 Å². The quantitative estimate of drug-likeness (QED) is 0.295. The molecule has 2 rings (SSSR count). The van der Waals surface area contributed by atoms with Crippen molar-refractivity contribution in [1.82, 2.24) is 10.6 Å². The fourth-order valence-corrected chi connectivity index (χ4v) is 2.78. The molecule has 4 nitrogen and oxygen atoms in total. The second-order valence-electron chi connectivity index (χ2n) is 5.20. The van der Waals surface area contributed by atoms with Crippen LogP contribution in [-0.4, -0.2) is 39.2 Å². The van der Waals surface area contributed by atoms with E-state index in [4.69, 9.17) is 0 Å². The topological polar surface area (TPSA) is 39.7 Å². The van der Waals surface area contributed by atoms with Gasteiger partial charge >= 0.3 is 0 Å². The van der Waals surface area contributed by atoms with Crippen LogP contribution < -0.4 is 15.5 Å². The molecule has 1 heterocycles. The highest BCUT2D eigenvalue weighted by Crippen LogP contribution is 2.24. The molecule has 0 bridgehead atoms. The largest absolute Gasteiger partial charge is 0.371 e. The summed E-state index contributed by atoms with van der Waals surface area (Å²) in [5.41, 5.74) is 1.30. The van der Waals surface area contributed by atoms with E-state index in [9.17, 15) is 0 Å². The predicted octanol–water partition coefficient (Wildman–Crippen LogP) is 3.24. The van der Waals surface area contributed by atoms with Crippen LogP contribution >= 0.6 is 39.9 Å². The molecule has 1 aromatic rings. The van der Waals surface area contributed by atoms with Crippen molar-refractivity contribution < 1.29 is 0 Å². The third-order valence-electron chi connectivity index (χ3n) is 3.67. The lowest BCUT2D eigenvalue weighted by Crippen LogP contribution is -2.40. The molecule has 0 radical (unpaired) electrons. The molecule has 0 aromatic heterocycles. The minimum Gasteiger partial charge on any atom is -0.371 e. The van der Waals surface area contributed by atoms with E-state index in [-0.39, 0.29) is 24.0 Å². The lowest BCUT2D eigenvalue weighted by molar-refractivity contribution is 0.567. The van der Waals surface area contributed by atoms with Crippen molar-refractivity contribution in [3.05, 3.63) is 41.4 Å². The Balaban J connectivity index is 0.00000242. The van der Waals surface area contributed by atoms with Gasteiger partial charge in [-0.3, -0.25) is 4.99 Å². The van der Waals surface area contributed by atoms with Gasteiger partial charge in [0, 0.05) is 43.4 Å². The summed E-state index contributed by atoms with van der Waals surface area (Å²) in [6.45, 7) is 7.59. The third-order valence-corrected chi connectivity index (χ3v) is 4.20. The van der Waals surface area contributed by atoms with E-state index >= 15 is 0 Å². The summed E-state index contributed by atoms with van der Waals surface area (Å²) in [6.07, 6.45) is 3.04. The Morgan fingerprint density at radius 1 is 1.41 bits per heavy atom. The molecule has 1 unspecified atom stereocenters. The Morgan fingerprint density at radius 2 is 2.14 bits per heavy atom. The molecule has 1 saturated heterocycles. The lowest BCUT2D eigenvalue weighted by atomic mass is 10.1. The first-order valence-electron chi connectivity index (χ1n) is 7.29. The first-order valence-corrected chi connectivity index (χ1v) is 8.08. The second-order valence-corrected chi connectivity index (χ2v) is 6.12. The Morgan fingerprint density at radius 3 is 2.77 bits per heavy atom. The summed E-state index contributed by atoms with van der Waals surface area (Å²) in [5, 5.41) is 6.58. The highest BCUT2D eigenvalue weighted by atomic mass is 127. The zero-order valence-electron chi connectivity index (χ0n) is 12.9. The molecule has 1 fully saturated rings. The van der Waals surface area contributed by atoms with Gasteiger partial charge < -0.3 is 15.5 Å². The van der Waals surface area contributed by atoms with Crippen LogP contribution in [0.3, 0.4) is 0 Å².